The molecule has 2 bridgehead atoms. The third-order valence-corrected chi connectivity index (χ3v) is 9.20. The van der Waals surface area contributed by atoms with E-state index in [2.05, 4.69) is 20.9 Å². The van der Waals surface area contributed by atoms with E-state index in [1.807, 2.05) is 24.3 Å². The van der Waals surface area contributed by atoms with Gasteiger partial charge < -0.3 is 35.1 Å². The van der Waals surface area contributed by atoms with Crippen LogP contribution in [0.15, 0.2) is 24.3 Å². The molecule has 3 N–H and O–H groups in total. The molecule has 1 saturated carbocycles. The minimum Gasteiger partial charge on any atom is -0.494 e. The third kappa shape index (κ3) is 8.70. The van der Waals surface area contributed by atoms with Gasteiger partial charge in [-0.05, 0) is 62.6 Å². The normalized spacial score (nSPS) is 26.8. The first-order valence-electron chi connectivity index (χ1n) is 16.1. The Morgan fingerprint density at radius 1 is 1.05 bits per heavy atom. The Labute approximate surface area is 259 Å². The van der Waals surface area contributed by atoms with Crippen LogP contribution in [0.2, 0.25) is 0 Å². The summed E-state index contributed by atoms with van der Waals surface area (Å²) in [5.41, 5.74) is 0.557. The van der Waals surface area contributed by atoms with Gasteiger partial charge in [0.25, 0.3) is 0 Å². The molecular formula is C32H47N5O7. The Bertz CT molecular complexity index is 1170. The van der Waals surface area contributed by atoms with Gasteiger partial charge >= 0.3 is 0 Å². The molecule has 12 nitrogen and oxygen atoms in total. The second-order valence-corrected chi connectivity index (χ2v) is 12.4. The topological polar surface area (TPSA) is 139 Å². The van der Waals surface area contributed by atoms with E-state index in [1.165, 1.54) is 0 Å². The number of ether oxygens (including phenoxy) is 3. The van der Waals surface area contributed by atoms with E-state index >= 15 is 0 Å². The van der Waals surface area contributed by atoms with Gasteiger partial charge in [0.1, 0.15) is 23.9 Å². The molecule has 2 saturated heterocycles. The number of carbonyl (C=O) groups excluding carboxylic acids is 4. The summed E-state index contributed by atoms with van der Waals surface area (Å²) < 4.78 is 17.0. The van der Waals surface area contributed by atoms with Crippen LogP contribution in [-0.2, 0) is 35.1 Å². The maximum absolute atomic E-state index is 14.0. The van der Waals surface area contributed by atoms with Gasteiger partial charge in [0.05, 0.1) is 25.4 Å². The molecule has 1 aliphatic carbocycles. The number of fused-ring (bicyclic) bond motifs is 2. The molecule has 44 heavy (non-hydrogen) atoms. The molecule has 4 amide bonds. The van der Waals surface area contributed by atoms with Gasteiger partial charge in [-0.2, -0.15) is 0 Å². The van der Waals surface area contributed by atoms with Gasteiger partial charge in [-0.3, -0.25) is 24.1 Å². The number of methoxy groups -OCH3 is 1. The summed E-state index contributed by atoms with van der Waals surface area (Å²) in [6.07, 6.45) is 5.32. The van der Waals surface area contributed by atoms with E-state index in [1.54, 1.807) is 12.0 Å². The number of likely N-dealkylation sites (tertiary alicyclic amines) is 1. The molecule has 0 radical (unpaired) electrons. The Kier molecular flexibility index (Phi) is 11.1. The SMILES string of the molecule is COC1(CNC(=O)[C@@H]2CCCCOc3cccc(c3)C[C@H](N3CCCC3=O)C(=O)N[C@@H](CCN3CCOCC3)C(=O)N2)CC1. The number of rotatable bonds is 8. The number of hydrogen-bond acceptors (Lipinski definition) is 8. The molecule has 0 unspecified atom stereocenters. The first-order valence-corrected chi connectivity index (χ1v) is 16.1. The highest BCUT2D eigenvalue weighted by Gasteiger charge is 2.43. The number of amides is 4. The summed E-state index contributed by atoms with van der Waals surface area (Å²) >= 11 is 0. The first kappa shape index (κ1) is 32.2. The molecule has 1 aromatic carbocycles. The van der Waals surface area contributed by atoms with Crippen LogP contribution >= 0.6 is 0 Å². The standard InChI is InChI=1S/C32H47N5O7/c1-42-32(11-12-32)22-33-29(39)25-8-2-3-17-44-24-7-4-6-23(20-24)21-27(37-13-5-9-28(37)38)31(41)35-26(30(40)34-25)10-14-36-15-18-43-19-16-36/h4,6-7,20,25-27H,2-3,5,8-19,21-22H2,1H3,(H,33,39)(H,34,40)(H,35,41)/t25-,26-,27-/m0/s1. The summed E-state index contributed by atoms with van der Waals surface area (Å²) in [5, 5.41) is 8.93. The lowest BCUT2D eigenvalue weighted by Crippen LogP contribution is -2.58. The molecule has 3 atom stereocenters. The second kappa shape index (κ2) is 15.2. The number of carbonyl (C=O) groups is 4. The zero-order chi connectivity index (χ0) is 30.9. The number of hydrogen-bond donors (Lipinski definition) is 3. The molecule has 3 fully saturated rings. The first-order chi connectivity index (χ1) is 21.4. The van der Waals surface area contributed by atoms with Crippen LogP contribution in [0.3, 0.4) is 0 Å². The van der Waals surface area contributed by atoms with Gasteiger partial charge in [0, 0.05) is 52.7 Å². The molecular weight excluding hydrogens is 566 g/mol. The largest absolute Gasteiger partial charge is 0.494 e. The summed E-state index contributed by atoms with van der Waals surface area (Å²) in [6.45, 7) is 4.65. The smallest absolute Gasteiger partial charge is 0.243 e. The number of nitrogens with one attached hydrogen (secondary N) is 3. The Balaban J connectivity index is 1.37. The van der Waals surface area contributed by atoms with Gasteiger partial charge in [0.15, 0.2) is 0 Å². The zero-order valence-corrected chi connectivity index (χ0v) is 25.8. The molecule has 1 aromatic rings. The van der Waals surface area contributed by atoms with Crippen molar-refractivity contribution in [1.29, 1.82) is 0 Å². The van der Waals surface area contributed by atoms with Crippen LogP contribution in [-0.4, -0.2) is 117 Å². The summed E-state index contributed by atoms with van der Waals surface area (Å²) in [4.78, 5) is 57.9. The molecule has 4 aliphatic rings. The van der Waals surface area contributed by atoms with E-state index in [0.29, 0.717) is 90.2 Å². The van der Waals surface area contributed by atoms with Crippen molar-refractivity contribution in [3.8, 4) is 5.75 Å². The van der Waals surface area contributed by atoms with Crippen molar-refractivity contribution in [2.24, 2.45) is 0 Å². The lowest BCUT2D eigenvalue weighted by Gasteiger charge is -2.31. The van der Waals surface area contributed by atoms with E-state index in [0.717, 1.165) is 31.5 Å². The Morgan fingerprint density at radius 2 is 1.86 bits per heavy atom. The molecule has 0 spiro atoms. The van der Waals surface area contributed by atoms with Crippen LogP contribution in [0.4, 0.5) is 0 Å². The highest BCUT2D eigenvalue weighted by Crippen LogP contribution is 2.38. The van der Waals surface area contributed by atoms with Gasteiger partial charge in [-0.1, -0.05) is 12.1 Å². The fraction of sp³-hybridized carbons (Fsp3) is 0.688. The monoisotopic (exact) mass is 613 g/mol. The summed E-state index contributed by atoms with van der Waals surface area (Å²) in [5.74, 6) is -0.423. The molecule has 0 aromatic heterocycles. The Hall–Kier alpha value is -3.22. The number of morpholine rings is 1. The summed E-state index contributed by atoms with van der Waals surface area (Å²) in [7, 11) is 1.65. The van der Waals surface area contributed by atoms with Crippen LogP contribution in [0.1, 0.15) is 56.9 Å². The summed E-state index contributed by atoms with van der Waals surface area (Å²) in [6, 6.07) is 5.19. The van der Waals surface area contributed by atoms with Crippen molar-refractivity contribution in [1.82, 2.24) is 25.8 Å². The average Bonchev–Trinajstić information content (AvgIpc) is 3.71. The highest BCUT2D eigenvalue weighted by atomic mass is 16.5. The van der Waals surface area contributed by atoms with E-state index in [9.17, 15) is 19.2 Å². The van der Waals surface area contributed by atoms with Crippen LogP contribution in [0.5, 0.6) is 5.75 Å². The van der Waals surface area contributed by atoms with E-state index < -0.39 is 24.0 Å². The maximum atomic E-state index is 14.0. The van der Waals surface area contributed by atoms with Crippen molar-refractivity contribution in [3.63, 3.8) is 0 Å². The lowest BCUT2D eigenvalue weighted by atomic mass is 10.0. The lowest BCUT2D eigenvalue weighted by molar-refractivity contribution is -0.139. The minimum absolute atomic E-state index is 0.0671. The quantitative estimate of drug-likeness (QED) is 0.391. The molecule has 3 heterocycles. The minimum atomic E-state index is -0.878. The molecule has 3 aliphatic heterocycles. The van der Waals surface area contributed by atoms with Crippen LogP contribution < -0.4 is 20.7 Å². The van der Waals surface area contributed by atoms with Crippen molar-refractivity contribution < 1.29 is 33.4 Å². The number of nitrogens with zero attached hydrogens (tertiary/aromatic N) is 2. The third-order valence-electron chi connectivity index (χ3n) is 9.20. The maximum Gasteiger partial charge on any atom is 0.243 e. The van der Waals surface area contributed by atoms with Gasteiger partial charge in [-0.25, -0.2) is 0 Å². The van der Waals surface area contributed by atoms with Crippen molar-refractivity contribution in [2.75, 3.05) is 59.7 Å². The van der Waals surface area contributed by atoms with Crippen molar-refractivity contribution >= 4 is 23.6 Å². The number of benzene rings is 1. The van der Waals surface area contributed by atoms with Gasteiger partial charge in [0.2, 0.25) is 23.6 Å². The predicted octanol–water partition coefficient (Wildman–Crippen LogP) is 0.770. The van der Waals surface area contributed by atoms with Gasteiger partial charge in [-0.15, -0.1) is 0 Å². The molecule has 242 valence electrons. The van der Waals surface area contributed by atoms with Crippen molar-refractivity contribution in [3.05, 3.63) is 29.8 Å². The van der Waals surface area contributed by atoms with Crippen molar-refractivity contribution in [2.45, 2.75) is 81.5 Å². The van der Waals surface area contributed by atoms with E-state index in [-0.39, 0.29) is 23.3 Å². The van der Waals surface area contributed by atoms with E-state index in [4.69, 9.17) is 14.2 Å². The fourth-order valence-corrected chi connectivity index (χ4v) is 6.15. The van der Waals surface area contributed by atoms with Crippen LogP contribution in [0.25, 0.3) is 0 Å². The highest BCUT2D eigenvalue weighted by molar-refractivity contribution is 5.94. The average molecular weight is 614 g/mol. The molecule has 12 heteroatoms. The molecule has 5 rings (SSSR count). The predicted molar refractivity (Wildman–Crippen MR) is 162 cm³/mol. The Morgan fingerprint density at radius 3 is 2.59 bits per heavy atom. The van der Waals surface area contributed by atoms with Crippen LogP contribution in [0, 0.1) is 0 Å². The zero-order valence-electron chi connectivity index (χ0n) is 25.8. The second-order valence-electron chi connectivity index (χ2n) is 12.4. The fourth-order valence-electron chi connectivity index (χ4n) is 6.15.